The molecule has 1 rings (SSSR count). The molecule has 1 aromatic carbocycles. The van der Waals surface area contributed by atoms with Crippen LogP contribution in [0, 0.1) is 5.82 Å². The van der Waals surface area contributed by atoms with Crippen molar-refractivity contribution in [2.75, 3.05) is 0 Å². The van der Waals surface area contributed by atoms with E-state index < -0.39 is 17.8 Å². The van der Waals surface area contributed by atoms with Crippen molar-refractivity contribution in [2.24, 2.45) is 11.5 Å². The third-order valence-corrected chi connectivity index (χ3v) is 2.19. The average molecular weight is 226 g/mol. The van der Waals surface area contributed by atoms with Gasteiger partial charge in [0, 0.05) is 6.04 Å². The summed E-state index contributed by atoms with van der Waals surface area (Å²) in [7, 11) is 0. The molecule has 0 heterocycles. The fourth-order valence-electron chi connectivity index (χ4n) is 1.14. The molecule has 4 nitrogen and oxygen atoms in total. The Kier molecular flexibility index (Phi) is 3.84. The number of nitrogens with two attached hydrogens (primary N) is 2. The number of hydrogen-bond donors (Lipinski definition) is 2. The van der Waals surface area contributed by atoms with Crippen molar-refractivity contribution in [2.45, 2.75) is 26.0 Å². The van der Waals surface area contributed by atoms with Gasteiger partial charge in [0.25, 0.3) is 5.91 Å². The Morgan fingerprint density at radius 1 is 1.44 bits per heavy atom. The maximum atomic E-state index is 13.5. The Morgan fingerprint density at radius 3 is 2.50 bits per heavy atom. The van der Waals surface area contributed by atoms with E-state index >= 15 is 0 Å². The van der Waals surface area contributed by atoms with E-state index in [9.17, 15) is 9.18 Å². The van der Waals surface area contributed by atoms with Gasteiger partial charge in [0.15, 0.2) is 17.7 Å². The number of amides is 1. The molecule has 1 amide bonds. The van der Waals surface area contributed by atoms with Gasteiger partial charge >= 0.3 is 0 Å². The third kappa shape index (κ3) is 2.93. The summed E-state index contributed by atoms with van der Waals surface area (Å²) in [5.74, 6) is -1.20. The first kappa shape index (κ1) is 12.4. The van der Waals surface area contributed by atoms with E-state index in [0.29, 0.717) is 5.56 Å². The van der Waals surface area contributed by atoms with Crippen molar-refractivity contribution in [3.05, 3.63) is 29.6 Å². The van der Waals surface area contributed by atoms with E-state index in [4.69, 9.17) is 16.2 Å². The maximum Gasteiger partial charge on any atom is 0.258 e. The molecule has 4 N–H and O–H groups in total. The van der Waals surface area contributed by atoms with Crippen molar-refractivity contribution in [1.29, 1.82) is 0 Å². The summed E-state index contributed by atoms with van der Waals surface area (Å²) in [5, 5.41) is 0. The van der Waals surface area contributed by atoms with E-state index in [1.54, 1.807) is 13.0 Å². The van der Waals surface area contributed by atoms with Crippen molar-refractivity contribution < 1.29 is 13.9 Å². The molecule has 0 aliphatic carbocycles. The molecule has 0 aromatic heterocycles. The first-order valence-electron chi connectivity index (χ1n) is 4.93. The summed E-state index contributed by atoms with van der Waals surface area (Å²) in [5.41, 5.74) is 11.3. The zero-order valence-electron chi connectivity index (χ0n) is 9.24. The summed E-state index contributed by atoms with van der Waals surface area (Å²) in [6.45, 7) is 3.21. The number of halogens is 1. The molecule has 88 valence electrons. The Morgan fingerprint density at radius 2 is 2.06 bits per heavy atom. The second kappa shape index (κ2) is 4.94. The molecular weight excluding hydrogens is 211 g/mol. The van der Waals surface area contributed by atoms with Crippen LogP contribution in [0.2, 0.25) is 0 Å². The van der Waals surface area contributed by atoms with Crippen molar-refractivity contribution in [3.8, 4) is 5.75 Å². The predicted molar refractivity (Wildman–Crippen MR) is 58.3 cm³/mol. The molecule has 1 aromatic rings. The monoisotopic (exact) mass is 226 g/mol. The first-order valence-corrected chi connectivity index (χ1v) is 4.93. The fraction of sp³-hybridized carbons (Fsp3) is 0.364. The molecule has 0 radical (unpaired) electrons. The lowest BCUT2D eigenvalue weighted by atomic mass is 10.1. The van der Waals surface area contributed by atoms with Crippen LogP contribution >= 0.6 is 0 Å². The average Bonchev–Trinajstić information content (AvgIpc) is 2.20. The highest BCUT2D eigenvalue weighted by atomic mass is 19.1. The van der Waals surface area contributed by atoms with Gasteiger partial charge in [0.1, 0.15) is 0 Å². The predicted octanol–water partition coefficient (Wildman–Crippen LogP) is 1.10. The molecule has 2 atom stereocenters. The largest absolute Gasteiger partial charge is 0.478 e. The molecule has 0 saturated carbocycles. The van der Waals surface area contributed by atoms with Crippen LogP contribution in [-0.2, 0) is 4.79 Å². The van der Waals surface area contributed by atoms with Crippen LogP contribution in [0.3, 0.4) is 0 Å². The fourth-order valence-corrected chi connectivity index (χ4v) is 1.14. The number of rotatable bonds is 4. The number of hydrogen-bond acceptors (Lipinski definition) is 3. The van der Waals surface area contributed by atoms with Crippen LogP contribution in [0.15, 0.2) is 18.2 Å². The number of primary amides is 1. The molecule has 16 heavy (non-hydrogen) atoms. The standard InChI is InChI=1S/C11H15FN2O2/c1-6(13)8-3-4-10(9(12)5-8)16-7(2)11(14)15/h3-7H,13H2,1-2H3,(H2,14,15)/t6-,7?/m0/s1. The summed E-state index contributed by atoms with van der Waals surface area (Å²) in [4.78, 5) is 10.7. The Balaban J connectivity index is 2.87. The molecular formula is C11H15FN2O2. The van der Waals surface area contributed by atoms with Crippen molar-refractivity contribution in [3.63, 3.8) is 0 Å². The highest BCUT2D eigenvalue weighted by Crippen LogP contribution is 2.21. The molecule has 0 aliphatic rings. The van der Waals surface area contributed by atoms with Gasteiger partial charge in [0.05, 0.1) is 0 Å². The first-order chi connectivity index (χ1) is 7.41. The van der Waals surface area contributed by atoms with Crippen LogP contribution in [-0.4, -0.2) is 12.0 Å². The van der Waals surface area contributed by atoms with Crippen molar-refractivity contribution in [1.82, 2.24) is 0 Å². The number of carbonyl (C=O) groups excluding carboxylic acids is 1. The normalized spacial score (nSPS) is 14.2. The molecule has 5 heteroatoms. The van der Waals surface area contributed by atoms with E-state index in [1.165, 1.54) is 19.1 Å². The summed E-state index contributed by atoms with van der Waals surface area (Å²) < 4.78 is 18.6. The molecule has 0 spiro atoms. The van der Waals surface area contributed by atoms with E-state index in [-0.39, 0.29) is 11.8 Å². The van der Waals surface area contributed by atoms with Gasteiger partial charge in [-0.25, -0.2) is 4.39 Å². The molecule has 0 aliphatic heterocycles. The highest BCUT2D eigenvalue weighted by Gasteiger charge is 2.14. The van der Waals surface area contributed by atoms with Crippen LogP contribution < -0.4 is 16.2 Å². The summed E-state index contributed by atoms with van der Waals surface area (Å²) in [6, 6.07) is 4.12. The zero-order valence-corrected chi connectivity index (χ0v) is 9.24. The lowest BCUT2D eigenvalue weighted by Gasteiger charge is -2.13. The topological polar surface area (TPSA) is 78.3 Å². The lowest BCUT2D eigenvalue weighted by molar-refractivity contribution is -0.124. The Hall–Kier alpha value is -1.62. The molecule has 0 saturated heterocycles. The highest BCUT2D eigenvalue weighted by molar-refractivity contribution is 5.78. The van der Waals surface area contributed by atoms with Gasteiger partial charge in [-0.2, -0.15) is 0 Å². The quantitative estimate of drug-likeness (QED) is 0.806. The van der Waals surface area contributed by atoms with Crippen LogP contribution in [0.5, 0.6) is 5.75 Å². The minimum Gasteiger partial charge on any atom is -0.478 e. The smallest absolute Gasteiger partial charge is 0.258 e. The Bertz CT molecular complexity index is 394. The second-order valence-electron chi connectivity index (χ2n) is 3.64. The molecule has 0 bridgehead atoms. The zero-order chi connectivity index (χ0) is 12.3. The van der Waals surface area contributed by atoms with Crippen LogP contribution in [0.25, 0.3) is 0 Å². The molecule has 0 fully saturated rings. The van der Waals surface area contributed by atoms with Gasteiger partial charge in [-0.15, -0.1) is 0 Å². The SMILES string of the molecule is CC(Oc1ccc([C@H](C)N)cc1F)C(N)=O. The third-order valence-electron chi connectivity index (χ3n) is 2.19. The van der Waals surface area contributed by atoms with Gasteiger partial charge in [-0.1, -0.05) is 6.07 Å². The van der Waals surface area contributed by atoms with Gasteiger partial charge in [0.2, 0.25) is 0 Å². The van der Waals surface area contributed by atoms with Crippen LogP contribution in [0.1, 0.15) is 25.5 Å². The van der Waals surface area contributed by atoms with Gasteiger partial charge < -0.3 is 16.2 Å². The van der Waals surface area contributed by atoms with E-state index in [0.717, 1.165) is 0 Å². The maximum absolute atomic E-state index is 13.5. The van der Waals surface area contributed by atoms with E-state index in [2.05, 4.69) is 0 Å². The number of benzene rings is 1. The summed E-state index contributed by atoms with van der Waals surface area (Å²) in [6.07, 6.45) is -0.865. The minimum atomic E-state index is -0.865. The summed E-state index contributed by atoms with van der Waals surface area (Å²) >= 11 is 0. The van der Waals surface area contributed by atoms with Crippen LogP contribution in [0.4, 0.5) is 4.39 Å². The van der Waals surface area contributed by atoms with Gasteiger partial charge in [-0.05, 0) is 31.5 Å². The second-order valence-corrected chi connectivity index (χ2v) is 3.64. The van der Waals surface area contributed by atoms with Gasteiger partial charge in [-0.3, -0.25) is 4.79 Å². The lowest BCUT2D eigenvalue weighted by Crippen LogP contribution is -2.30. The Labute approximate surface area is 93.4 Å². The van der Waals surface area contributed by atoms with E-state index in [1.807, 2.05) is 0 Å². The number of carbonyl (C=O) groups is 1. The van der Waals surface area contributed by atoms with Crippen molar-refractivity contribution >= 4 is 5.91 Å². The molecule has 1 unspecified atom stereocenters. The number of ether oxygens (including phenoxy) is 1. The minimum absolute atomic E-state index is 0.00398.